The average molecular weight is 446 g/mol. The van der Waals surface area contributed by atoms with Crippen molar-refractivity contribution >= 4 is 34.5 Å². The van der Waals surface area contributed by atoms with E-state index in [4.69, 9.17) is 0 Å². The summed E-state index contributed by atoms with van der Waals surface area (Å²) in [5, 5.41) is 6.02. The second-order valence-corrected chi connectivity index (χ2v) is 9.40. The summed E-state index contributed by atoms with van der Waals surface area (Å²) in [6, 6.07) is 7.98. The van der Waals surface area contributed by atoms with Crippen LogP contribution in [0.1, 0.15) is 47.8 Å². The Morgan fingerprint density at radius 1 is 1.15 bits per heavy atom. The molecular formula is C24H27N7O2. The van der Waals surface area contributed by atoms with E-state index in [1.807, 2.05) is 25.2 Å². The van der Waals surface area contributed by atoms with Crippen LogP contribution < -0.4 is 15.5 Å². The number of carbonyl (C=O) groups is 2. The zero-order chi connectivity index (χ0) is 22.5. The van der Waals surface area contributed by atoms with Crippen molar-refractivity contribution < 1.29 is 9.59 Å². The maximum absolute atomic E-state index is 12.7. The SMILES string of the molecule is Cn1c(C(=O)NCC2CC2)nc2c(N3CCC(C4C(=O)Nc5ccccc54)CC3)ncnc21. The highest BCUT2D eigenvalue weighted by atomic mass is 16.2. The molecule has 1 unspecified atom stereocenters. The van der Waals surface area contributed by atoms with Gasteiger partial charge in [0.25, 0.3) is 5.91 Å². The summed E-state index contributed by atoms with van der Waals surface area (Å²) in [6.07, 6.45) is 5.68. The summed E-state index contributed by atoms with van der Waals surface area (Å²) in [7, 11) is 1.82. The van der Waals surface area contributed by atoms with Gasteiger partial charge in [0.1, 0.15) is 6.33 Å². The number of carbonyl (C=O) groups excluding carboxylic acids is 2. The molecule has 1 aliphatic carbocycles. The van der Waals surface area contributed by atoms with Crippen LogP contribution in [-0.2, 0) is 11.8 Å². The van der Waals surface area contributed by atoms with E-state index >= 15 is 0 Å². The Kier molecular flexibility index (Phi) is 4.78. The summed E-state index contributed by atoms with van der Waals surface area (Å²) < 4.78 is 1.75. The van der Waals surface area contributed by atoms with Crippen molar-refractivity contribution in [1.29, 1.82) is 0 Å². The molecule has 3 aliphatic rings. The molecule has 2 fully saturated rings. The normalized spacial score (nSPS) is 20.7. The second kappa shape index (κ2) is 7.83. The number of imidazole rings is 1. The third-order valence-corrected chi connectivity index (χ3v) is 7.23. The first kappa shape index (κ1) is 20.1. The first-order valence-electron chi connectivity index (χ1n) is 11.7. The number of amides is 2. The van der Waals surface area contributed by atoms with Crippen LogP contribution in [0.15, 0.2) is 30.6 Å². The third-order valence-electron chi connectivity index (χ3n) is 7.23. The van der Waals surface area contributed by atoms with Crippen molar-refractivity contribution in [1.82, 2.24) is 24.8 Å². The van der Waals surface area contributed by atoms with Crippen LogP contribution in [0.4, 0.5) is 11.5 Å². The van der Waals surface area contributed by atoms with Crippen LogP contribution in [0.2, 0.25) is 0 Å². The van der Waals surface area contributed by atoms with Crippen molar-refractivity contribution in [3.63, 3.8) is 0 Å². The molecule has 1 saturated carbocycles. The van der Waals surface area contributed by atoms with Crippen molar-refractivity contribution in [2.45, 2.75) is 31.6 Å². The summed E-state index contributed by atoms with van der Waals surface area (Å²) in [4.78, 5) is 41.1. The number of hydrogen-bond acceptors (Lipinski definition) is 6. The number of nitrogens with one attached hydrogen (secondary N) is 2. The average Bonchev–Trinajstić information content (AvgIpc) is 3.52. The number of anilines is 2. The Morgan fingerprint density at radius 2 is 1.94 bits per heavy atom. The molecule has 0 radical (unpaired) electrons. The second-order valence-electron chi connectivity index (χ2n) is 9.40. The standard InChI is InChI=1S/C24H27N7O2/c1-30-20-19(29-22(30)24(33)25-12-14-6-7-14)21(27-13-26-20)31-10-8-15(9-11-31)18-16-4-2-3-5-17(16)28-23(18)32/h2-5,13-15,18H,6-12H2,1H3,(H,25,33)(H,28,32). The summed E-state index contributed by atoms with van der Waals surface area (Å²) in [6.45, 7) is 2.26. The minimum absolute atomic E-state index is 0.0922. The topological polar surface area (TPSA) is 105 Å². The van der Waals surface area contributed by atoms with Gasteiger partial charge in [0.15, 0.2) is 17.0 Å². The van der Waals surface area contributed by atoms with E-state index in [-0.39, 0.29) is 23.7 Å². The third kappa shape index (κ3) is 3.51. The highest BCUT2D eigenvalue weighted by molar-refractivity contribution is 6.03. The van der Waals surface area contributed by atoms with Crippen LogP contribution in [-0.4, -0.2) is 51.0 Å². The molecule has 6 rings (SSSR count). The molecule has 0 spiro atoms. The number of rotatable bonds is 5. The quantitative estimate of drug-likeness (QED) is 0.625. The smallest absolute Gasteiger partial charge is 0.287 e. The number of nitrogens with zero attached hydrogens (tertiary/aromatic N) is 5. The largest absolute Gasteiger partial charge is 0.355 e. The highest BCUT2D eigenvalue weighted by Crippen LogP contribution is 2.42. The number of benzene rings is 1. The van der Waals surface area contributed by atoms with Gasteiger partial charge in [-0.15, -0.1) is 0 Å². The van der Waals surface area contributed by atoms with Crippen molar-refractivity contribution in [3.8, 4) is 0 Å². The van der Waals surface area contributed by atoms with Gasteiger partial charge in [0.05, 0.1) is 5.92 Å². The van der Waals surface area contributed by atoms with Crippen molar-refractivity contribution in [2.24, 2.45) is 18.9 Å². The number of fused-ring (bicyclic) bond motifs is 2. The maximum atomic E-state index is 12.7. The summed E-state index contributed by atoms with van der Waals surface area (Å²) in [5.41, 5.74) is 3.35. The molecule has 33 heavy (non-hydrogen) atoms. The van der Waals surface area contributed by atoms with Crippen LogP contribution in [0.25, 0.3) is 11.2 Å². The molecule has 4 heterocycles. The molecule has 1 saturated heterocycles. The van der Waals surface area contributed by atoms with Gasteiger partial charge in [-0.1, -0.05) is 18.2 Å². The Morgan fingerprint density at radius 3 is 2.73 bits per heavy atom. The van der Waals surface area contributed by atoms with E-state index in [0.717, 1.165) is 43.0 Å². The maximum Gasteiger partial charge on any atom is 0.287 e. The fraction of sp³-hybridized carbons (Fsp3) is 0.458. The van der Waals surface area contributed by atoms with Gasteiger partial charge < -0.3 is 20.1 Å². The van der Waals surface area contributed by atoms with Gasteiger partial charge in [-0.2, -0.15) is 0 Å². The lowest BCUT2D eigenvalue weighted by Crippen LogP contribution is -2.37. The lowest BCUT2D eigenvalue weighted by molar-refractivity contribution is -0.118. The lowest BCUT2D eigenvalue weighted by Gasteiger charge is -2.34. The van der Waals surface area contributed by atoms with Gasteiger partial charge in [-0.25, -0.2) is 15.0 Å². The first-order chi connectivity index (χ1) is 16.1. The Labute approximate surface area is 191 Å². The lowest BCUT2D eigenvalue weighted by atomic mass is 9.81. The Balaban J connectivity index is 1.21. The summed E-state index contributed by atoms with van der Waals surface area (Å²) in [5.74, 6) is 1.85. The number of para-hydroxylation sites is 1. The molecule has 3 aromatic rings. The van der Waals surface area contributed by atoms with E-state index in [2.05, 4.69) is 36.6 Å². The van der Waals surface area contributed by atoms with Crippen LogP contribution in [0.3, 0.4) is 0 Å². The van der Waals surface area contributed by atoms with Gasteiger partial charge in [0, 0.05) is 32.4 Å². The molecule has 2 amide bonds. The Hall–Kier alpha value is -3.49. The number of aromatic nitrogens is 4. The Bertz CT molecular complexity index is 1240. The van der Waals surface area contributed by atoms with Gasteiger partial charge >= 0.3 is 0 Å². The number of piperidine rings is 1. The summed E-state index contributed by atoms with van der Waals surface area (Å²) >= 11 is 0. The molecule has 0 bridgehead atoms. The van der Waals surface area contributed by atoms with Crippen molar-refractivity contribution in [2.75, 3.05) is 29.9 Å². The number of aryl methyl sites for hydroxylation is 1. The van der Waals surface area contributed by atoms with Crippen LogP contribution in [0.5, 0.6) is 0 Å². The predicted molar refractivity (Wildman–Crippen MR) is 124 cm³/mol. The molecule has 2 N–H and O–H groups in total. The fourth-order valence-electron chi connectivity index (χ4n) is 5.21. The minimum atomic E-state index is -0.169. The van der Waals surface area contributed by atoms with E-state index in [0.29, 0.717) is 29.5 Å². The molecule has 1 atom stereocenters. The van der Waals surface area contributed by atoms with E-state index in [9.17, 15) is 9.59 Å². The zero-order valence-electron chi connectivity index (χ0n) is 18.6. The molecule has 170 valence electrons. The van der Waals surface area contributed by atoms with E-state index < -0.39 is 0 Å². The van der Waals surface area contributed by atoms with Crippen LogP contribution >= 0.6 is 0 Å². The molecule has 2 aliphatic heterocycles. The molecular weight excluding hydrogens is 418 g/mol. The molecule has 9 heteroatoms. The first-order valence-corrected chi connectivity index (χ1v) is 11.7. The van der Waals surface area contributed by atoms with E-state index in [1.165, 1.54) is 19.2 Å². The molecule has 2 aromatic heterocycles. The van der Waals surface area contributed by atoms with Gasteiger partial charge in [0.2, 0.25) is 11.7 Å². The number of hydrogen-bond donors (Lipinski definition) is 2. The molecule has 1 aromatic carbocycles. The minimum Gasteiger partial charge on any atom is -0.355 e. The molecule has 9 nitrogen and oxygen atoms in total. The van der Waals surface area contributed by atoms with Gasteiger partial charge in [-0.05, 0) is 49.1 Å². The predicted octanol–water partition coefficient (Wildman–Crippen LogP) is 2.46. The fourth-order valence-corrected chi connectivity index (χ4v) is 5.21. The monoisotopic (exact) mass is 445 g/mol. The highest BCUT2D eigenvalue weighted by Gasteiger charge is 2.38. The van der Waals surface area contributed by atoms with Crippen LogP contribution in [0, 0.1) is 11.8 Å². The zero-order valence-corrected chi connectivity index (χ0v) is 18.6. The van der Waals surface area contributed by atoms with E-state index in [1.54, 1.807) is 4.57 Å². The van der Waals surface area contributed by atoms with Gasteiger partial charge in [-0.3, -0.25) is 9.59 Å². The van der Waals surface area contributed by atoms with Crippen molar-refractivity contribution in [3.05, 3.63) is 42.0 Å².